The molecule has 1 fully saturated rings. The molecule has 2 N–H and O–H groups in total. The Morgan fingerprint density at radius 3 is 2.83 bits per heavy atom. The SMILES string of the molecule is CC(=O)Cn1cnc2cc(Br)c(Cl)cc2c1=O.O[C@H]1CCCNC1. The molecule has 1 saturated heterocycles. The number of carbonyl (C=O) groups excluding carboxylic acids is 1. The van der Waals surface area contributed by atoms with E-state index in [0.717, 1.165) is 25.9 Å². The molecule has 24 heavy (non-hydrogen) atoms. The van der Waals surface area contributed by atoms with Crippen LogP contribution in [0, 0.1) is 0 Å². The van der Waals surface area contributed by atoms with Crippen LogP contribution in [0.25, 0.3) is 10.9 Å². The predicted octanol–water partition coefficient (Wildman–Crippen LogP) is 2.13. The minimum absolute atomic E-state index is 0.0233. The molecule has 130 valence electrons. The normalized spacial score (nSPS) is 17.2. The standard InChI is InChI=1S/C11H8BrClN2O2.C5H11NO/c1-6(16)4-15-5-14-10-3-8(12)9(13)2-7(10)11(15)17;7-5-2-1-3-6-4-5/h2-3,5H,4H2,1H3;5-7H,1-4H2/t;5-/m.0/s1. The molecule has 0 saturated carbocycles. The van der Waals surface area contributed by atoms with Crippen molar-refractivity contribution in [1.82, 2.24) is 14.9 Å². The number of ketones is 1. The smallest absolute Gasteiger partial charge is 0.261 e. The van der Waals surface area contributed by atoms with E-state index < -0.39 is 0 Å². The molecule has 0 amide bonds. The number of aromatic nitrogens is 2. The largest absolute Gasteiger partial charge is 0.392 e. The zero-order valence-electron chi connectivity index (χ0n) is 13.3. The summed E-state index contributed by atoms with van der Waals surface area (Å²) in [6.45, 7) is 3.32. The van der Waals surface area contributed by atoms with Crippen LogP contribution in [0.15, 0.2) is 27.7 Å². The highest BCUT2D eigenvalue weighted by Gasteiger charge is 2.08. The van der Waals surface area contributed by atoms with Gasteiger partial charge in [-0.3, -0.25) is 14.2 Å². The van der Waals surface area contributed by atoms with E-state index in [9.17, 15) is 9.59 Å². The Bertz CT molecular complexity index is 788. The van der Waals surface area contributed by atoms with Gasteiger partial charge in [-0.1, -0.05) is 11.6 Å². The molecule has 0 bridgehead atoms. The molecule has 6 nitrogen and oxygen atoms in total. The minimum Gasteiger partial charge on any atom is -0.392 e. The lowest BCUT2D eigenvalue weighted by Gasteiger charge is -2.16. The molecule has 1 aromatic carbocycles. The van der Waals surface area contributed by atoms with E-state index in [0.29, 0.717) is 20.4 Å². The summed E-state index contributed by atoms with van der Waals surface area (Å²) in [5, 5.41) is 12.8. The van der Waals surface area contributed by atoms with Crippen molar-refractivity contribution in [1.29, 1.82) is 0 Å². The maximum absolute atomic E-state index is 12.0. The number of nitrogens with one attached hydrogen (secondary N) is 1. The fourth-order valence-corrected chi connectivity index (χ4v) is 2.83. The number of fused-ring (bicyclic) bond motifs is 1. The highest BCUT2D eigenvalue weighted by molar-refractivity contribution is 9.10. The van der Waals surface area contributed by atoms with Gasteiger partial charge in [-0.05, 0) is 54.4 Å². The van der Waals surface area contributed by atoms with Gasteiger partial charge < -0.3 is 10.4 Å². The van der Waals surface area contributed by atoms with E-state index in [4.69, 9.17) is 16.7 Å². The second-order valence-electron chi connectivity index (χ2n) is 5.66. The van der Waals surface area contributed by atoms with E-state index in [-0.39, 0.29) is 24.0 Å². The van der Waals surface area contributed by atoms with Crippen LogP contribution in [0.2, 0.25) is 5.02 Å². The first-order valence-electron chi connectivity index (χ1n) is 7.61. The molecule has 0 radical (unpaired) electrons. The van der Waals surface area contributed by atoms with Crippen molar-refractivity contribution in [3.8, 4) is 0 Å². The van der Waals surface area contributed by atoms with Crippen molar-refractivity contribution in [2.45, 2.75) is 32.4 Å². The Kier molecular flexibility index (Phi) is 6.91. The zero-order valence-corrected chi connectivity index (χ0v) is 15.6. The Labute approximate surface area is 153 Å². The lowest BCUT2D eigenvalue weighted by molar-refractivity contribution is -0.117. The van der Waals surface area contributed by atoms with Crippen molar-refractivity contribution < 1.29 is 9.90 Å². The fourth-order valence-electron chi connectivity index (χ4n) is 2.34. The predicted molar refractivity (Wildman–Crippen MR) is 97.5 cm³/mol. The summed E-state index contributed by atoms with van der Waals surface area (Å²) in [6.07, 6.45) is 3.40. The Hall–Kier alpha value is -1.28. The van der Waals surface area contributed by atoms with Crippen LogP contribution in [0.5, 0.6) is 0 Å². The van der Waals surface area contributed by atoms with Gasteiger partial charge in [-0.25, -0.2) is 4.98 Å². The van der Waals surface area contributed by atoms with Crippen LogP contribution in [0.1, 0.15) is 19.8 Å². The molecule has 0 spiro atoms. The van der Waals surface area contributed by atoms with Crippen molar-refractivity contribution >= 4 is 44.2 Å². The van der Waals surface area contributed by atoms with Crippen LogP contribution < -0.4 is 10.9 Å². The lowest BCUT2D eigenvalue weighted by Crippen LogP contribution is -2.33. The van der Waals surface area contributed by atoms with Gasteiger partial charge in [-0.2, -0.15) is 0 Å². The molecule has 1 aromatic heterocycles. The summed E-state index contributed by atoms with van der Waals surface area (Å²) >= 11 is 9.19. The fraction of sp³-hybridized carbons (Fsp3) is 0.438. The number of benzene rings is 1. The molecular weight excluding hydrogens is 398 g/mol. The van der Waals surface area contributed by atoms with Gasteiger partial charge in [-0.15, -0.1) is 0 Å². The van der Waals surface area contributed by atoms with Crippen LogP contribution in [-0.2, 0) is 11.3 Å². The second-order valence-corrected chi connectivity index (χ2v) is 6.92. The highest BCUT2D eigenvalue weighted by Crippen LogP contribution is 2.25. The number of hydrogen-bond acceptors (Lipinski definition) is 5. The molecule has 2 aromatic rings. The Morgan fingerprint density at radius 1 is 1.54 bits per heavy atom. The summed E-state index contributed by atoms with van der Waals surface area (Å²) in [7, 11) is 0. The van der Waals surface area contributed by atoms with Gasteiger partial charge in [0.2, 0.25) is 0 Å². The maximum atomic E-state index is 12.0. The summed E-state index contributed by atoms with van der Waals surface area (Å²) in [6, 6.07) is 3.23. The number of rotatable bonds is 2. The number of halogens is 2. The number of aliphatic hydroxyl groups excluding tert-OH is 1. The first-order valence-corrected chi connectivity index (χ1v) is 8.78. The first-order chi connectivity index (χ1) is 11.4. The Balaban J connectivity index is 0.000000249. The van der Waals surface area contributed by atoms with E-state index >= 15 is 0 Å². The molecular formula is C16H19BrClN3O3. The molecule has 1 aliphatic rings. The quantitative estimate of drug-likeness (QED) is 0.783. The number of piperidine rings is 1. The van der Waals surface area contributed by atoms with Gasteiger partial charge in [0.25, 0.3) is 5.56 Å². The third kappa shape index (κ3) is 5.11. The van der Waals surface area contributed by atoms with Crippen molar-refractivity contribution in [3.63, 3.8) is 0 Å². The lowest BCUT2D eigenvalue weighted by atomic mass is 10.1. The molecule has 1 aliphatic heterocycles. The first kappa shape index (κ1) is 19.1. The summed E-state index contributed by atoms with van der Waals surface area (Å²) in [4.78, 5) is 27.1. The highest BCUT2D eigenvalue weighted by atomic mass is 79.9. The molecule has 0 aliphatic carbocycles. The number of Topliss-reactive ketones (excluding diaryl/α,β-unsaturated/α-hetero) is 1. The monoisotopic (exact) mass is 415 g/mol. The van der Waals surface area contributed by atoms with Crippen LogP contribution in [0.3, 0.4) is 0 Å². The van der Waals surface area contributed by atoms with Gasteiger partial charge in [0.15, 0.2) is 0 Å². The second kappa shape index (κ2) is 8.71. The summed E-state index contributed by atoms with van der Waals surface area (Å²) < 4.78 is 1.96. The van der Waals surface area contributed by atoms with E-state index in [1.807, 2.05) is 0 Å². The zero-order chi connectivity index (χ0) is 17.7. The minimum atomic E-state index is -0.264. The summed E-state index contributed by atoms with van der Waals surface area (Å²) in [5.74, 6) is -0.101. The third-order valence-corrected chi connectivity index (χ3v) is 4.73. The van der Waals surface area contributed by atoms with Gasteiger partial charge in [0.05, 0.1) is 34.9 Å². The van der Waals surface area contributed by atoms with Crippen molar-refractivity contribution in [3.05, 3.63) is 38.3 Å². The molecule has 8 heteroatoms. The number of hydrogen-bond donors (Lipinski definition) is 2. The van der Waals surface area contributed by atoms with Crippen molar-refractivity contribution in [2.24, 2.45) is 0 Å². The van der Waals surface area contributed by atoms with Crippen LogP contribution >= 0.6 is 27.5 Å². The topological polar surface area (TPSA) is 84.2 Å². The third-order valence-electron chi connectivity index (χ3n) is 3.53. The van der Waals surface area contributed by atoms with Gasteiger partial charge in [0.1, 0.15) is 5.78 Å². The number of nitrogens with zero attached hydrogens (tertiary/aromatic N) is 2. The van der Waals surface area contributed by atoms with Gasteiger partial charge >= 0.3 is 0 Å². The van der Waals surface area contributed by atoms with Crippen LogP contribution in [-0.4, -0.2) is 39.6 Å². The van der Waals surface area contributed by atoms with Crippen LogP contribution in [0.4, 0.5) is 0 Å². The van der Waals surface area contributed by atoms with E-state index in [1.54, 1.807) is 12.1 Å². The molecule has 0 unspecified atom stereocenters. The molecule has 2 heterocycles. The van der Waals surface area contributed by atoms with E-state index in [2.05, 4.69) is 26.2 Å². The number of β-amino-alcohol motifs (C(OH)–C–C–N with tert-alkyl or cyclic N) is 1. The number of carbonyl (C=O) groups is 1. The van der Waals surface area contributed by atoms with E-state index in [1.165, 1.54) is 17.8 Å². The summed E-state index contributed by atoms with van der Waals surface area (Å²) in [5.41, 5.74) is 0.283. The average Bonchev–Trinajstić information content (AvgIpc) is 2.53. The molecule has 1 atom stereocenters. The molecule has 3 rings (SSSR count). The van der Waals surface area contributed by atoms with Crippen molar-refractivity contribution in [2.75, 3.05) is 13.1 Å². The number of aliphatic hydroxyl groups is 1. The average molecular weight is 417 g/mol. The Morgan fingerprint density at radius 2 is 2.29 bits per heavy atom. The maximum Gasteiger partial charge on any atom is 0.261 e. The van der Waals surface area contributed by atoms with Gasteiger partial charge in [0, 0.05) is 11.0 Å².